The Bertz CT molecular complexity index is 1090. The zero-order valence-electron chi connectivity index (χ0n) is 18.7. The minimum atomic E-state index is -4.09. The highest BCUT2D eigenvalue weighted by Crippen LogP contribution is 2.38. The van der Waals surface area contributed by atoms with Gasteiger partial charge in [0, 0.05) is 24.3 Å². The van der Waals surface area contributed by atoms with E-state index >= 15 is 0 Å². The van der Waals surface area contributed by atoms with Crippen molar-refractivity contribution >= 4 is 21.7 Å². The van der Waals surface area contributed by atoms with Gasteiger partial charge in [0.15, 0.2) is 5.03 Å². The molecule has 0 spiro atoms. The highest BCUT2D eigenvalue weighted by Gasteiger charge is 2.28. The lowest BCUT2D eigenvalue weighted by Crippen LogP contribution is -2.35. The summed E-state index contributed by atoms with van der Waals surface area (Å²) in [6.07, 6.45) is 5.98. The molecule has 2 aromatic rings. The Morgan fingerprint density at radius 1 is 1.10 bits per heavy atom. The van der Waals surface area contributed by atoms with E-state index in [4.69, 9.17) is 0 Å². The number of sulfonamides is 1. The minimum Gasteiger partial charge on any atom is -0.307 e. The Balaban J connectivity index is 1.57. The number of nitrogens with one attached hydrogen (secondary N) is 2. The lowest BCUT2D eigenvalue weighted by Gasteiger charge is -2.16. The lowest BCUT2D eigenvalue weighted by molar-refractivity contribution is 0.256. The zero-order valence-corrected chi connectivity index (χ0v) is 19.5. The number of rotatable bonds is 6. The van der Waals surface area contributed by atoms with Gasteiger partial charge in [0.25, 0.3) is 10.0 Å². The highest BCUT2D eigenvalue weighted by atomic mass is 32.2. The maximum atomic E-state index is 12.9. The predicted octanol–water partition coefficient (Wildman–Crippen LogP) is 3.01. The first-order valence-corrected chi connectivity index (χ1v) is 12.4. The van der Waals surface area contributed by atoms with Crippen LogP contribution in [0.1, 0.15) is 60.7 Å². The van der Waals surface area contributed by atoms with Gasteiger partial charge in [-0.1, -0.05) is 6.07 Å². The third-order valence-electron chi connectivity index (χ3n) is 5.97. The second-order valence-corrected chi connectivity index (χ2v) is 10.7. The average Bonchev–Trinajstić information content (AvgIpc) is 3.39. The van der Waals surface area contributed by atoms with E-state index in [1.165, 1.54) is 17.2 Å². The molecule has 2 aliphatic carbocycles. The molecule has 9 heteroatoms. The third kappa shape index (κ3) is 4.34. The van der Waals surface area contributed by atoms with Crippen LogP contribution in [0.4, 0.5) is 10.5 Å². The van der Waals surface area contributed by atoms with Crippen LogP contribution in [0.15, 0.2) is 17.2 Å². The number of fused-ring (bicyclic) bond motifs is 2. The molecular formula is C22H31N5O3S. The first-order valence-electron chi connectivity index (χ1n) is 10.9. The van der Waals surface area contributed by atoms with E-state index in [0.717, 1.165) is 61.0 Å². The summed E-state index contributed by atoms with van der Waals surface area (Å²) in [6, 6.07) is 3.08. The van der Waals surface area contributed by atoms with Gasteiger partial charge < -0.3 is 10.2 Å². The molecule has 1 heterocycles. The molecule has 2 amide bonds. The number of hydrogen-bond acceptors (Lipinski definition) is 5. The Hall–Kier alpha value is -2.39. The molecule has 0 bridgehead atoms. The van der Waals surface area contributed by atoms with Gasteiger partial charge in [-0.3, -0.25) is 4.68 Å². The van der Waals surface area contributed by atoms with Crippen molar-refractivity contribution in [1.29, 1.82) is 0 Å². The SMILES string of the molecule is CC(C)n1nc(S(=O)(=O)NC(=O)Nc2c3c(cc4c2CCC4)CCC3)cc1CN(C)C. The molecule has 0 atom stereocenters. The van der Waals surface area contributed by atoms with Crippen LogP contribution in [0.3, 0.4) is 0 Å². The standard InChI is InChI=1S/C22H31N5O3S/c1-14(2)27-17(13-26(3)4)12-20(24-27)31(29,30)25-22(28)23-21-18-9-5-7-15(18)11-16-8-6-10-19(16)21/h11-12,14H,5-10,13H2,1-4H3,(H2,23,25,28). The van der Waals surface area contributed by atoms with Gasteiger partial charge in [0.05, 0.1) is 5.69 Å². The van der Waals surface area contributed by atoms with E-state index in [1.807, 2.05) is 32.8 Å². The van der Waals surface area contributed by atoms with Crippen molar-refractivity contribution in [3.63, 3.8) is 0 Å². The Labute approximate surface area is 184 Å². The number of anilines is 1. The normalized spacial score (nSPS) is 15.4. The first-order chi connectivity index (χ1) is 14.7. The molecule has 31 heavy (non-hydrogen) atoms. The molecule has 0 fully saturated rings. The molecule has 8 nitrogen and oxygen atoms in total. The van der Waals surface area contributed by atoms with E-state index in [1.54, 1.807) is 4.68 Å². The molecule has 168 valence electrons. The molecule has 4 rings (SSSR count). The number of aromatic nitrogens is 2. The molecule has 0 saturated carbocycles. The molecule has 0 aliphatic heterocycles. The van der Waals surface area contributed by atoms with E-state index in [0.29, 0.717) is 6.54 Å². The number of benzene rings is 1. The molecule has 0 unspecified atom stereocenters. The zero-order chi connectivity index (χ0) is 22.3. The van der Waals surface area contributed by atoms with Gasteiger partial charge in [-0.05, 0) is 88.7 Å². The van der Waals surface area contributed by atoms with E-state index in [2.05, 4.69) is 21.2 Å². The number of aryl methyl sites for hydroxylation is 2. The number of urea groups is 1. The fourth-order valence-corrected chi connectivity index (χ4v) is 5.60. The number of hydrogen-bond donors (Lipinski definition) is 2. The molecule has 0 radical (unpaired) electrons. The quantitative estimate of drug-likeness (QED) is 0.713. The van der Waals surface area contributed by atoms with Crippen LogP contribution in [-0.2, 0) is 42.3 Å². The third-order valence-corrected chi connectivity index (χ3v) is 7.18. The molecule has 1 aromatic heterocycles. The smallest absolute Gasteiger partial charge is 0.307 e. The van der Waals surface area contributed by atoms with Crippen molar-refractivity contribution in [2.45, 2.75) is 70.0 Å². The number of amides is 2. The van der Waals surface area contributed by atoms with Crippen LogP contribution < -0.4 is 10.0 Å². The van der Waals surface area contributed by atoms with Gasteiger partial charge in [0.1, 0.15) is 0 Å². The van der Waals surface area contributed by atoms with E-state index < -0.39 is 16.1 Å². The summed E-state index contributed by atoms with van der Waals surface area (Å²) < 4.78 is 29.7. The molecule has 0 saturated heterocycles. The monoisotopic (exact) mass is 445 g/mol. The molecular weight excluding hydrogens is 414 g/mol. The van der Waals surface area contributed by atoms with Gasteiger partial charge in [-0.2, -0.15) is 13.5 Å². The van der Waals surface area contributed by atoms with Crippen molar-refractivity contribution in [2.24, 2.45) is 0 Å². The van der Waals surface area contributed by atoms with Crippen molar-refractivity contribution in [3.05, 3.63) is 40.1 Å². The maximum absolute atomic E-state index is 12.9. The molecule has 2 aliphatic rings. The average molecular weight is 446 g/mol. The van der Waals surface area contributed by atoms with Crippen LogP contribution in [0, 0.1) is 0 Å². The summed E-state index contributed by atoms with van der Waals surface area (Å²) in [5.41, 5.74) is 6.47. The van der Waals surface area contributed by atoms with Crippen LogP contribution in [0.5, 0.6) is 0 Å². The van der Waals surface area contributed by atoms with Crippen molar-refractivity contribution in [3.8, 4) is 0 Å². The topological polar surface area (TPSA) is 96.3 Å². The van der Waals surface area contributed by atoms with Gasteiger partial charge in [-0.25, -0.2) is 9.52 Å². The fourth-order valence-electron chi connectivity index (χ4n) is 4.71. The van der Waals surface area contributed by atoms with Gasteiger partial charge in [0.2, 0.25) is 0 Å². The molecule has 2 N–H and O–H groups in total. The van der Waals surface area contributed by atoms with Crippen LogP contribution in [-0.4, -0.2) is 43.2 Å². The first kappa shape index (κ1) is 21.8. The van der Waals surface area contributed by atoms with Gasteiger partial charge >= 0.3 is 6.03 Å². The van der Waals surface area contributed by atoms with Crippen LogP contribution in [0.25, 0.3) is 0 Å². The molecule has 1 aromatic carbocycles. The number of carbonyl (C=O) groups excluding carboxylic acids is 1. The summed E-state index contributed by atoms with van der Waals surface area (Å²) in [5.74, 6) is 0. The van der Waals surface area contributed by atoms with Crippen molar-refractivity contribution < 1.29 is 13.2 Å². The van der Waals surface area contributed by atoms with Gasteiger partial charge in [-0.15, -0.1) is 0 Å². The van der Waals surface area contributed by atoms with E-state index in [9.17, 15) is 13.2 Å². The summed E-state index contributed by atoms with van der Waals surface area (Å²) in [7, 11) is -0.269. The summed E-state index contributed by atoms with van der Waals surface area (Å²) >= 11 is 0. The number of carbonyl (C=O) groups is 1. The number of nitrogens with zero attached hydrogens (tertiary/aromatic N) is 3. The van der Waals surface area contributed by atoms with Crippen LogP contribution >= 0.6 is 0 Å². The van der Waals surface area contributed by atoms with Crippen molar-refractivity contribution in [2.75, 3.05) is 19.4 Å². The minimum absolute atomic E-state index is 0.00206. The summed E-state index contributed by atoms with van der Waals surface area (Å²) in [4.78, 5) is 14.7. The summed E-state index contributed by atoms with van der Waals surface area (Å²) in [6.45, 7) is 4.44. The van der Waals surface area contributed by atoms with Crippen LogP contribution in [0.2, 0.25) is 0 Å². The Morgan fingerprint density at radius 3 is 2.26 bits per heavy atom. The maximum Gasteiger partial charge on any atom is 0.333 e. The van der Waals surface area contributed by atoms with E-state index in [-0.39, 0.29) is 11.1 Å². The predicted molar refractivity (Wildman–Crippen MR) is 120 cm³/mol. The highest BCUT2D eigenvalue weighted by molar-refractivity contribution is 7.90. The fraction of sp³-hybridized carbons (Fsp3) is 0.545. The Kier molecular flexibility index (Phi) is 5.83. The second kappa shape index (κ2) is 8.27. The lowest BCUT2D eigenvalue weighted by atomic mass is 9.99. The largest absolute Gasteiger partial charge is 0.333 e. The summed E-state index contributed by atoms with van der Waals surface area (Å²) in [5, 5.41) is 7.00. The Morgan fingerprint density at radius 2 is 1.71 bits per heavy atom. The second-order valence-electron chi connectivity index (χ2n) is 9.04. The van der Waals surface area contributed by atoms with Crippen molar-refractivity contribution in [1.82, 2.24) is 19.4 Å².